The van der Waals surface area contributed by atoms with Gasteiger partial charge < -0.3 is 36.2 Å². The Labute approximate surface area is 214 Å². The second kappa shape index (κ2) is 8.90. The van der Waals surface area contributed by atoms with Crippen molar-refractivity contribution in [1.29, 1.82) is 0 Å². The predicted octanol–water partition coefficient (Wildman–Crippen LogP) is 1.25. The summed E-state index contributed by atoms with van der Waals surface area (Å²) in [6.07, 6.45) is 5.59. The molecule has 37 heavy (non-hydrogen) atoms. The number of hydrogen-bond donors (Lipinski definition) is 6. The molecule has 1 fully saturated rings. The van der Waals surface area contributed by atoms with Gasteiger partial charge in [-0.05, 0) is 42.7 Å². The van der Waals surface area contributed by atoms with Gasteiger partial charge in [0.15, 0.2) is 5.78 Å². The third-order valence-corrected chi connectivity index (χ3v) is 8.23. The van der Waals surface area contributed by atoms with E-state index in [0.717, 1.165) is 25.2 Å². The molecule has 7 N–H and O–H groups in total. The van der Waals surface area contributed by atoms with Crippen molar-refractivity contribution < 1.29 is 35.1 Å². The van der Waals surface area contributed by atoms with Gasteiger partial charge in [-0.15, -0.1) is 0 Å². The van der Waals surface area contributed by atoms with Crippen molar-refractivity contribution >= 4 is 23.1 Å². The van der Waals surface area contributed by atoms with Crippen molar-refractivity contribution in [1.82, 2.24) is 4.90 Å². The third-order valence-electron chi connectivity index (χ3n) is 8.23. The molecule has 1 aliphatic heterocycles. The normalized spacial score (nSPS) is 27.0. The highest BCUT2D eigenvalue weighted by molar-refractivity contribution is 6.08. The number of carbonyl (C=O) groups excluding carboxylic acids is 2. The minimum Gasteiger partial charge on any atom is -0.512 e. The number of benzene rings is 1. The number of aliphatic hydroxyl groups is 4. The smallest absolute Gasteiger partial charge is 0.253 e. The van der Waals surface area contributed by atoms with E-state index in [2.05, 4.69) is 17.1 Å². The van der Waals surface area contributed by atoms with E-state index in [1.807, 2.05) is 25.1 Å². The van der Waals surface area contributed by atoms with Crippen molar-refractivity contribution in [3.05, 3.63) is 51.8 Å². The number of phenolic OH excluding ortho intramolecular Hbond substituents is 1. The van der Waals surface area contributed by atoms with Crippen molar-refractivity contribution in [3.8, 4) is 5.75 Å². The maximum atomic E-state index is 13.7. The quantitative estimate of drug-likeness (QED) is 0.257. The molecular formula is C27H33N3O7. The highest BCUT2D eigenvalue weighted by atomic mass is 16.5. The highest BCUT2D eigenvalue weighted by Gasteiger charge is 2.58. The van der Waals surface area contributed by atoms with Crippen LogP contribution in [0.15, 0.2) is 35.1 Å². The Morgan fingerprint density at radius 2 is 1.92 bits per heavy atom. The van der Waals surface area contributed by atoms with Gasteiger partial charge in [-0.25, -0.2) is 0 Å². The number of allylic oxidation sites excluding steroid dienone is 2. The lowest BCUT2D eigenvalue weighted by Gasteiger charge is -2.47. The zero-order valence-corrected chi connectivity index (χ0v) is 20.9. The van der Waals surface area contributed by atoms with Crippen LogP contribution in [0.2, 0.25) is 0 Å². The van der Waals surface area contributed by atoms with Gasteiger partial charge in [0.1, 0.15) is 22.8 Å². The average Bonchev–Trinajstić information content (AvgIpc) is 2.79. The molecule has 0 aromatic heterocycles. The molecule has 10 nitrogen and oxygen atoms in total. The number of rotatable bonds is 4. The third kappa shape index (κ3) is 3.91. The number of hydrogen-bond acceptors (Lipinski definition) is 9. The number of aromatic hydroxyl groups is 1. The zero-order valence-electron chi connectivity index (χ0n) is 20.9. The molecule has 0 bridgehead atoms. The maximum Gasteiger partial charge on any atom is 0.253 e. The molecule has 3 atom stereocenters. The van der Waals surface area contributed by atoms with Crippen LogP contribution in [0, 0.1) is 17.8 Å². The van der Waals surface area contributed by atoms with E-state index >= 15 is 0 Å². The standard InChI is InChI=1S/C27H33N3O7/c1-29(2)17-10-15(12-30-6-4-3-5-7-30)23(32)20-16(17)9-13-8-14-11-18(31)22(26(28)35)27(36,37)21(14)25(34)19(13)24(20)33/h3-4,10,13-14,21,31-33,36-37H,5-9,11-12H2,1-2H3,(H2,28,35). The molecule has 1 aromatic rings. The van der Waals surface area contributed by atoms with Gasteiger partial charge in [-0.2, -0.15) is 0 Å². The lowest BCUT2D eigenvalue weighted by molar-refractivity contribution is -0.197. The number of phenols is 1. The maximum absolute atomic E-state index is 13.7. The van der Waals surface area contributed by atoms with E-state index in [0.29, 0.717) is 24.1 Å². The molecule has 3 unspecified atom stereocenters. The summed E-state index contributed by atoms with van der Waals surface area (Å²) in [4.78, 5) is 29.7. The molecule has 0 radical (unpaired) electrons. The summed E-state index contributed by atoms with van der Waals surface area (Å²) in [5, 5.41) is 54.9. The fraction of sp³-hybridized carbons (Fsp3) is 0.481. The van der Waals surface area contributed by atoms with E-state index in [9.17, 15) is 35.1 Å². The Bertz CT molecular complexity index is 1280. The number of fused-ring (bicyclic) bond motifs is 3. The zero-order chi connectivity index (χ0) is 26.8. The summed E-state index contributed by atoms with van der Waals surface area (Å²) < 4.78 is 0. The van der Waals surface area contributed by atoms with Gasteiger partial charge in [-0.1, -0.05) is 12.2 Å². The van der Waals surface area contributed by atoms with Crippen LogP contribution in [0.3, 0.4) is 0 Å². The van der Waals surface area contributed by atoms with Crippen LogP contribution in [0.25, 0.3) is 5.76 Å². The van der Waals surface area contributed by atoms with Crippen LogP contribution >= 0.6 is 0 Å². The molecule has 1 saturated carbocycles. The molecule has 0 saturated heterocycles. The van der Waals surface area contributed by atoms with Crippen LogP contribution in [-0.4, -0.2) is 75.1 Å². The first-order valence-corrected chi connectivity index (χ1v) is 12.5. The number of primary amides is 1. The Morgan fingerprint density at radius 1 is 1.19 bits per heavy atom. The number of ketones is 1. The van der Waals surface area contributed by atoms with Gasteiger partial charge in [0.05, 0.1) is 11.5 Å². The molecule has 1 heterocycles. The van der Waals surface area contributed by atoms with Crippen LogP contribution in [0.4, 0.5) is 5.69 Å². The minimum atomic E-state index is -2.98. The SMILES string of the molecule is CN(C)c1cc(CN2CC=CCC2)c(O)c2c1CC1CC3CC(O)=C(C(N)=O)C(O)(O)C3C(=O)C1=C2O. The van der Waals surface area contributed by atoms with Gasteiger partial charge >= 0.3 is 0 Å². The molecule has 198 valence electrons. The number of anilines is 1. The average molecular weight is 512 g/mol. The van der Waals surface area contributed by atoms with Crippen LogP contribution in [-0.2, 0) is 22.6 Å². The number of nitrogens with two attached hydrogens (primary N) is 1. The summed E-state index contributed by atoms with van der Waals surface area (Å²) in [7, 11) is 3.75. The number of aliphatic hydroxyl groups excluding tert-OH is 2. The Balaban J connectivity index is 1.63. The van der Waals surface area contributed by atoms with Gasteiger partial charge in [-0.3, -0.25) is 14.5 Å². The Hall–Kier alpha value is -3.34. The Morgan fingerprint density at radius 3 is 2.54 bits per heavy atom. The van der Waals surface area contributed by atoms with Crippen LogP contribution in [0.1, 0.15) is 36.0 Å². The molecule has 1 amide bonds. The van der Waals surface area contributed by atoms with Crippen molar-refractivity contribution in [3.63, 3.8) is 0 Å². The van der Waals surface area contributed by atoms with Crippen LogP contribution in [0.5, 0.6) is 5.75 Å². The first-order chi connectivity index (χ1) is 17.4. The fourth-order valence-corrected chi connectivity index (χ4v) is 6.64. The van der Waals surface area contributed by atoms with Gasteiger partial charge in [0.25, 0.3) is 5.91 Å². The number of carbonyl (C=O) groups is 2. The summed E-state index contributed by atoms with van der Waals surface area (Å²) in [5.74, 6) is -8.57. The lowest BCUT2D eigenvalue weighted by Crippen LogP contribution is -2.57. The first kappa shape index (κ1) is 25.3. The summed E-state index contributed by atoms with van der Waals surface area (Å²) in [6.45, 7) is 2.03. The van der Waals surface area contributed by atoms with Gasteiger partial charge in [0, 0.05) is 57.0 Å². The van der Waals surface area contributed by atoms with E-state index in [1.54, 1.807) is 0 Å². The molecule has 1 aromatic carbocycles. The molecule has 3 aliphatic carbocycles. The van der Waals surface area contributed by atoms with E-state index in [1.165, 1.54) is 0 Å². The molecule has 0 spiro atoms. The highest BCUT2D eigenvalue weighted by Crippen LogP contribution is 2.54. The second-order valence-electron chi connectivity index (χ2n) is 10.8. The summed E-state index contributed by atoms with van der Waals surface area (Å²) >= 11 is 0. The largest absolute Gasteiger partial charge is 0.512 e. The summed E-state index contributed by atoms with van der Waals surface area (Å²) in [6, 6.07) is 1.92. The monoisotopic (exact) mass is 511 g/mol. The lowest BCUT2D eigenvalue weighted by atomic mass is 9.59. The van der Waals surface area contributed by atoms with Crippen LogP contribution < -0.4 is 10.6 Å². The number of nitrogens with zero attached hydrogens (tertiary/aromatic N) is 2. The van der Waals surface area contributed by atoms with Crippen molar-refractivity contribution in [2.24, 2.45) is 23.5 Å². The minimum absolute atomic E-state index is 0.00416. The van der Waals surface area contributed by atoms with Gasteiger partial charge in [0.2, 0.25) is 5.79 Å². The molecule has 4 aliphatic rings. The first-order valence-electron chi connectivity index (χ1n) is 12.5. The van der Waals surface area contributed by atoms with E-state index in [-0.39, 0.29) is 35.5 Å². The summed E-state index contributed by atoms with van der Waals surface area (Å²) in [5.41, 5.74) is 6.80. The molecule has 10 heteroatoms. The topological polar surface area (TPSA) is 168 Å². The predicted molar refractivity (Wildman–Crippen MR) is 135 cm³/mol. The van der Waals surface area contributed by atoms with E-state index in [4.69, 9.17) is 5.73 Å². The van der Waals surface area contributed by atoms with Crippen molar-refractivity contribution in [2.75, 3.05) is 32.1 Å². The molecular weight excluding hydrogens is 478 g/mol. The van der Waals surface area contributed by atoms with E-state index < -0.39 is 46.6 Å². The number of amides is 1. The Kier molecular flexibility index (Phi) is 6.09. The second-order valence-corrected chi connectivity index (χ2v) is 10.8. The fourth-order valence-electron chi connectivity index (χ4n) is 6.64. The van der Waals surface area contributed by atoms with Crippen molar-refractivity contribution in [2.45, 2.75) is 38.0 Å². The molecule has 5 rings (SSSR count). The number of Topliss-reactive ketones (excluding diaryl/α,β-unsaturated/α-hetero) is 1.